The Morgan fingerprint density at radius 1 is 0.939 bits per heavy atom. The smallest absolute Gasteiger partial charge is 0.274 e. The van der Waals surface area contributed by atoms with Gasteiger partial charge in [0.25, 0.3) is 10.8 Å². The van der Waals surface area contributed by atoms with Crippen molar-refractivity contribution in [2.24, 2.45) is 0 Å². The van der Waals surface area contributed by atoms with Crippen LogP contribution in [0.25, 0.3) is 0 Å². The van der Waals surface area contributed by atoms with Gasteiger partial charge in [-0.3, -0.25) is 14.5 Å². The predicted molar refractivity (Wildman–Crippen MR) is 118 cm³/mol. The molecule has 1 spiro atoms. The molecule has 2 aliphatic heterocycles. The number of hydrogen-bond acceptors (Lipinski definition) is 4. The maximum absolute atomic E-state index is 14.1. The van der Waals surface area contributed by atoms with Crippen molar-refractivity contribution in [3.63, 3.8) is 0 Å². The monoisotopic (exact) mass is 468 g/mol. The van der Waals surface area contributed by atoms with E-state index in [1.807, 2.05) is 31.2 Å². The second-order valence-corrected chi connectivity index (χ2v) is 10.2. The Kier molecular flexibility index (Phi) is 4.65. The van der Waals surface area contributed by atoms with Crippen LogP contribution >= 0.6 is 0 Å². The molecule has 6 nitrogen and oxygen atoms in total. The molecule has 0 radical (unpaired) electrons. The molecule has 2 amide bonds. The first-order chi connectivity index (χ1) is 15.7. The molecule has 0 N–H and O–H groups in total. The summed E-state index contributed by atoms with van der Waals surface area (Å²) in [5.41, 5.74) is 1.99. The van der Waals surface area contributed by atoms with Crippen LogP contribution in [-0.2, 0) is 30.8 Å². The number of aryl methyl sites for hydroxylation is 1. The summed E-state index contributed by atoms with van der Waals surface area (Å²) in [6.45, 7) is 1.98. The van der Waals surface area contributed by atoms with Crippen LogP contribution in [0.15, 0.2) is 66.7 Å². The Morgan fingerprint density at radius 2 is 1.70 bits per heavy atom. The number of carbonyl (C=O) groups is 2. The van der Waals surface area contributed by atoms with Crippen molar-refractivity contribution in [1.82, 2.24) is 0 Å². The third-order valence-electron chi connectivity index (χ3n) is 6.01. The summed E-state index contributed by atoms with van der Waals surface area (Å²) in [6.07, 6.45) is 0. The molecule has 3 aromatic rings. The van der Waals surface area contributed by atoms with E-state index in [4.69, 9.17) is 0 Å². The normalized spacial score (nSPS) is 21.2. The van der Waals surface area contributed by atoms with Crippen LogP contribution in [0.5, 0.6) is 0 Å². The number of sulfone groups is 1. The van der Waals surface area contributed by atoms with E-state index in [0.29, 0.717) is 5.69 Å². The standard InChI is InChI=1S/C24H18F2N2O4S/c1-15-5-4-6-16(11-15)13-27-21-8-3-2-7-18(21)24(23(27)30)28(22(29)14-33(24,31)32)17-9-10-19(25)20(26)12-17/h2-12H,13-14H2,1H3/t24-/m0/s1. The van der Waals surface area contributed by atoms with Crippen molar-refractivity contribution in [3.05, 3.63) is 95.1 Å². The molecule has 33 heavy (non-hydrogen) atoms. The first-order valence-corrected chi connectivity index (χ1v) is 11.8. The summed E-state index contributed by atoms with van der Waals surface area (Å²) in [5.74, 6) is -5.05. The molecule has 0 saturated carbocycles. The fourth-order valence-corrected chi connectivity index (χ4v) is 6.70. The third kappa shape index (κ3) is 2.92. The van der Waals surface area contributed by atoms with Crippen LogP contribution in [0, 0.1) is 18.6 Å². The number of halogens is 2. The van der Waals surface area contributed by atoms with Gasteiger partial charge in [0.2, 0.25) is 5.91 Å². The van der Waals surface area contributed by atoms with Crippen molar-refractivity contribution < 1.29 is 26.8 Å². The van der Waals surface area contributed by atoms with E-state index in [9.17, 15) is 26.8 Å². The van der Waals surface area contributed by atoms with E-state index in [1.165, 1.54) is 11.0 Å². The molecule has 0 unspecified atom stereocenters. The first kappa shape index (κ1) is 21.3. The van der Waals surface area contributed by atoms with Gasteiger partial charge in [0.15, 0.2) is 21.5 Å². The molecule has 168 valence electrons. The van der Waals surface area contributed by atoms with Gasteiger partial charge < -0.3 is 4.90 Å². The number of hydrogen-bond donors (Lipinski definition) is 0. The molecule has 2 heterocycles. The first-order valence-electron chi connectivity index (χ1n) is 10.1. The van der Waals surface area contributed by atoms with E-state index in [2.05, 4.69) is 0 Å². The summed E-state index contributed by atoms with van der Waals surface area (Å²) in [6, 6.07) is 16.4. The largest absolute Gasteiger partial charge is 0.304 e. The van der Waals surface area contributed by atoms with Crippen LogP contribution in [0.2, 0.25) is 0 Å². The van der Waals surface area contributed by atoms with Crippen LogP contribution < -0.4 is 9.80 Å². The van der Waals surface area contributed by atoms with Gasteiger partial charge in [-0.05, 0) is 30.7 Å². The van der Waals surface area contributed by atoms with Crippen molar-refractivity contribution in [2.45, 2.75) is 18.3 Å². The molecule has 0 aliphatic carbocycles. The Hall–Kier alpha value is -3.59. The SMILES string of the molecule is Cc1cccc(CN2C(=O)[C@@]3(c4ccccc42)N(c2ccc(F)c(F)c2)C(=O)CS3(=O)=O)c1. The third-order valence-corrected chi connectivity index (χ3v) is 8.11. The lowest BCUT2D eigenvalue weighted by Gasteiger charge is -2.32. The number of rotatable bonds is 3. The van der Waals surface area contributed by atoms with Crippen LogP contribution in [-0.4, -0.2) is 26.0 Å². The second-order valence-electron chi connectivity index (χ2n) is 8.13. The summed E-state index contributed by atoms with van der Waals surface area (Å²) in [7, 11) is -4.38. The van der Waals surface area contributed by atoms with Crippen molar-refractivity contribution in [1.29, 1.82) is 0 Å². The number of carbonyl (C=O) groups excluding carboxylic acids is 2. The number of para-hydroxylation sites is 1. The maximum Gasteiger partial charge on any atom is 0.274 e. The Bertz CT molecular complexity index is 1440. The van der Waals surface area contributed by atoms with Crippen molar-refractivity contribution in [3.8, 4) is 0 Å². The minimum absolute atomic E-state index is 0.0780. The topological polar surface area (TPSA) is 74.8 Å². The van der Waals surface area contributed by atoms with Gasteiger partial charge in [0.05, 0.1) is 12.2 Å². The fraction of sp³-hybridized carbons (Fsp3) is 0.167. The summed E-state index contributed by atoms with van der Waals surface area (Å²) < 4.78 is 54.6. The zero-order valence-corrected chi connectivity index (χ0v) is 18.3. The van der Waals surface area contributed by atoms with Gasteiger partial charge in [-0.15, -0.1) is 0 Å². The van der Waals surface area contributed by atoms with Gasteiger partial charge in [0, 0.05) is 17.3 Å². The van der Waals surface area contributed by atoms with Crippen LogP contribution in [0.4, 0.5) is 20.2 Å². The minimum Gasteiger partial charge on any atom is -0.304 e. The molecule has 9 heteroatoms. The summed E-state index contributed by atoms with van der Waals surface area (Å²) in [4.78, 5) is 26.7. The number of fused-ring (bicyclic) bond motifs is 2. The quantitative estimate of drug-likeness (QED) is 0.590. The molecule has 2 aliphatic rings. The number of benzene rings is 3. The number of anilines is 2. The highest BCUT2D eigenvalue weighted by Crippen LogP contribution is 2.52. The van der Waals surface area contributed by atoms with Gasteiger partial charge in [-0.1, -0.05) is 48.0 Å². The van der Waals surface area contributed by atoms with Crippen LogP contribution in [0.1, 0.15) is 16.7 Å². The van der Waals surface area contributed by atoms with E-state index in [1.54, 1.807) is 18.2 Å². The molecule has 5 rings (SSSR count). The highest BCUT2D eigenvalue weighted by molar-refractivity contribution is 7.94. The van der Waals surface area contributed by atoms with E-state index < -0.39 is 43.9 Å². The lowest BCUT2D eigenvalue weighted by molar-refractivity contribution is -0.123. The van der Waals surface area contributed by atoms with E-state index in [0.717, 1.165) is 34.2 Å². The summed E-state index contributed by atoms with van der Waals surface area (Å²) in [5, 5.41) is 0. The van der Waals surface area contributed by atoms with E-state index in [-0.39, 0.29) is 17.8 Å². The fourth-order valence-electron chi connectivity index (χ4n) is 4.67. The Balaban J connectivity index is 1.74. The highest BCUT2D eigenvalue weighted by atomic mass is 32.2. The average molecular weight is 468 g/mol. The number of nitrogens with zero attached hydrogens (tertiary/aromatic N) is 2. The molecule has 1 fully saturated rings. The minimum atomic E-state index is -4.38. The van der Waals surface area contributed by atoms with Gasteiger partial charge in [0.1, 0.15) is 5.75 Å². The Labute approximate surface area is 189 Å². The molecule has 0 aromatic heterocycles. The Morgan fingerprint density at radius 3 is 2.42 bits per heavy atom. The lowest BCUT2D eigenvalue weighted by Crippen LogP contribution is -2.54. The molecule has 1 saturated heterocycles. The van der Waals surface area contributed by atoms with Crippen molar-refractivity contribution in [2.75, 3.05) is 15.6 Å². The zero-order valence-electron chi connectivity index (χ0n) is 17.5. The maximum atomic E-state index is 14.1. The number of amides is 2. The summed E-state index contributed by atoms with van der Waals surface area (Å²) >= 11 is 0. The molecule has 3 aromatic carbocycles. The molecule has 1 atom stereocenters. The van der Waals surface area contributed by atoms with E-state index >= 15 is 0 Å². The van der Waals surface area contributed by atoms with Gasteiger partial charge in [-0.25, -0.2) is 17.2 Å². The van der Waals surface area contributed by atoms with Gasteiger partial charge >= 0.3 is 0 Å². The van der Waals surface area contributed by atoms with Gasteiger partial charge in [-0.2, -0.15) is 0 Å². The van der Waals surface area contributed by atoms with Crippen molar-refractivity contribution >= 4 is 33.0 Å². The predicted octanol–water partition coefficient (Wildman–Crippen LogP) is 3.43. The van der Waals surface area contributed by atoms with Crippen LogP contribution in [0.3, 0.4) is 0 Å². The zero-order chi connectivity index (χ0) is 23.5. The molecule has 0 bridgehead atoms. The molecular formula is C24H18F2N2O4S. The molecular weight excluding hydrogens is 450 g/mol. The lowest BCUT2D eigenvalue weighted by atomic mass is 10.0. The second kappa shape index (κ2) is 7.21. The average Bonchev–Trinajstić information content (AvgIpc) is 3.13. The highest BCUT2D eigenvalue weighted by Gasteiger charge is 2.69.